The van der Waals surface area contributed by atoms with Crippen molar-refractivity contribution in [3.63, 3.8) is 0 Å². The van der Waals surface area contributed by atoms with Gasteiger partial charge in [-0.2, -0.15) is 0 Å². The number of benzene rings is 2. The summed E-state index contributed by atoms with van der Waals surface area (Å²) >= 11 is 4.91. The summed E-state index contributed by atoms with van der Waals surface area (Å²) in [6.45, 7) is 0. The quantitative estimate of drug-likeness (QED) is 0.714. The number of rotatable bonds is 2. The van der Waals surface area contributed by atoms with Crippen LogP contribution in [0.15, 0.2) is 53.6 Å². The number of fused-ring (bicyclic) bond motifs is 1. The second-order valence-electron chi connectivity index (χ2n) is 4.22. The third kappa shape index (κ3) is 1.91. The van der Waals surface area contributed by atoms with Crippen LogP contribution < -0.4 is 0 Å². The number of imidazole rings is 1. The molecule has 0 aliphatic heterocycles. The van der Waals surface area contributed by atoms with Crippen molar-refractivity contribution in [2.45, 2.75) is 4.90 Å². The molecule has 0 aliphatic rings. The van der Waals surface area contributed by atoms with E-state index < -0.39 is 10.0 Å². The van der Waals surface area contributed by atoms with Crippen molar-refractivity contribution in [2.24, 2.45) is 0 Å². The minimum atomic E-state index is -3.85. The van der Waals surface area contributed by atoms with Crippen molar-refractivity contribution < 1.29 is 13.5 Å². The van der Waals surface area contributed by atoms with Crippen LogP contribution in [-0.2, 0) is 10.0 Å². The Hall–Kier alpha value is -2.12. The highest BCUT2D eigenvalue weighted by atomic mass is 32.2. The van der Waals surface area contributed by atoms with Gasteiger partial charge in [0.2, 0.25) is 5.88 Å². The first-order valence-electron chi connectivity index (χ1n) is 5.74. The lowest BCUT2D eigenvalue weighted by atomic mass is 10.1. The molecule has 0 spiro atoms. The van der Waals surface area contributed by atoms with Crippen LogP contribution in [-0.4, -0.2) is 22.5 Å². The van der Waals surface area contributed by atoms with Crippen molar-refractivity contribution in [3.05, 3.63) is 53.4 Å². The number of aromatic nitrogens is 2. The molecule has 1 aromatic heterocycles. The normalized spacial score (nSPS) is 11.8. The van der Waals surface area contributed by atoms with Crippen molar-refractivity contribution in [2.75, 3.05) is 0 Å². The van der Waals surface area contributed by atoms with Crippen molar-refractivity contribution in [1.29, 1.82) is 0 Å². The minimum absolute atomic E-state index is 0.0737. The molecular weight excluding hydrogens is 296 g/mol. The fourth-order valence-electron chi connectivity index (χ4n) is 2.07. The molecule has 7 heteroatoms. The van der Waals surface area contributed by atoms with Crippen molar-refractivity contribution >= 4 is 33.0 Å². The molecule has 0 saturated carbocycles. The summed E-state index contributed by atoms with van der Waals surface area (Å²) in [6.07, 6.45) is 1.06. The Morgan fingerprint density at radius 2 is 1.80 bits per heavy atom. The van der Waals surface area contributed by atoms with Crippen molar-refractivity contribution in [3.8, 4) is 5.88 Å². The van der Waals surface area contributed by atoms with Crippen LogP contribution in [0.1, 0.15) is 0 Å². The summed E-state index contributed by atoms with van der Waals surface area (Å²) in [4.78, 5) is 2.53. The van der Waals surface area contributed by atoms with Crippen LogP contribution in [0.3, 0.4) is 0 Å². The number of nitrogens with one attached hydrogen (secondary N) is 1. The first-order chi connectivity index (χ1) is 9.50. The van der Waals surface area contributed by atoms with E-state index in [0.29, 0.717) is 5.39 Å². The number of hydrogen-bond acceptors (Lipinski definition) is 4. The lowest BCUT2D eigenvalue weighted by Gasteiger charge is -2.08. The van der Waals surface area contributed by atoms with Gasteiger partial charge < -0.3 is 10.1 Å². The van der Waals surface area contributed by atoms with E-state index in [9.17, 15) is 13.5 Å². The van der Waals surface area contributed by atoms with Gasteiger partial charge >= 0.3 is 0 Å². The molecule has 2 N–H and O–H groups in total. The number of hydrogen-bond donors (Lipinski definition) is 2. The first-order valence-corrected chi connectivity index (χ1v) is 7.59. The van der Waals surface area contributed by atoms with Gasteiger partial charge in [-0.1, -0.05) is 36.4 Å². The Balaban J connectivity index is 2.35. The summed E-state index contributed by atoms with van der Waals surface area (Å²) in [5, 5.41) is 10.8. The summed E-state index contributed by atoms with van der Waals surface area (Å²) < 4.78 is 26.1. The molecule has 5 nitrogen and oxygen atoms in total. The van der Waals surface area contributed by atoms with Crippen LogP contribution in [0.2, 0.25) is 0 Å². The Morgan fingerprint density at radius 1 is 1.10 bits per heavy atom. The Morgan fingerprint density at radius 3 is 2.50 bits per heavy atom. The van der Waals surface area contributed by atoms with E-state index in [0.717, 1.165) is 15.6 Å². The standard InChI is InChI=1S/C13H10N2O3S2/c16-12-8-15(13(19)14-12)20(17,18)11-7-3-5-9-4-1-2-6-10(9)11/h1-8,16H,(H,14,19). The van der Waals surface area contributed by atoms with Gasteiger partial charge in [0.05, 0.1) is 11.1 Å². The van der Waals surface area contributed by atoms with Crippen LogP contribution in [0.25, 0.3) is 10.8 Å². The first kappa shape index (κ1) is 12.9. The summed E-state index contributed by atoms with van der Waals surface area (Å²) in [7, 11) is -3.85. The lowest BCUT2D eigenvalue weighted by molar-refractivity contribution is 0.456. The molecule has 102 valence electrons. The molecule has 3 rings (SSSR count). The Labute approximate surface area is 120 Å². The van der Waals surface area contributed by atoms with Crippen LogP contribution in [0.5, 0.6) is 5.88 Å². The highest BCUT2D eigenvalue weighted by molar-refractivity contribution is 7.90. The van der Waals surface area contributed by atoms with Gasteiger partial charge in [-0.25, -0.2) is 12.4 Å². The third-order valence-electron chi connectivity index (χ3n) is 2.96. The molecule has 3 aromatic rings. The van der Waals surface area contributed by atoms with Gasteiger partial charge in [-0.15, -0.1) is 0 Å². The highest BCUT2D eigenvalue weighted by Crippen LogP contribution is 2.25. The zero-order valence-corrected chi connectivity index (χ0v) is 11.8. The number of aromatic hydroxyl groups is 1. The predicted octanol–water partition coefficient (Wildman–Crippen LogP) is 2.64. The second kappa shape index (κ2) is 4.46. The highest BCUT2D eigenvalue weighted by Gasteiger charge is 2.21. The van der Waals surface area contributed by atoms with E-state index in [4.69, 9.17) is 12.2 Å². The molecule has 0 atom stereocenters. The van der Waals surface area contributed by atoms with Gasteiger partial charge in [-0.3, -0.25) is 0 Å². The maximum absolute atomic E-state index is 12.6. The third-order valence-corrected chi connectivity index (χ3v) is 5.09. The van der Waals surface area contributed by atoms with E-state index in [1.807, 2.05) is 18.2 Å². The predicted molar refractivity (Wildman–Crippen MR) is 77.8 cm³/mol. The van der Waals surface area contributed by atoms with E-state index >= 15 is 0 Å². The molecule has 20 heavy (non-hydrogen) atoms. The SMILES string of the molecule is O=S(=O)(c1cccc2ccccc12)n1cc(O)[nH]c1=S. The van der Waals surface area contributed by atoms with Gasteiger partial charge in [0.25, 0.3) is 10.0 Å². The molecule has 1 heterocycles. The molecule has 0 amide bonds. The van der Waals surface area contributed by atoms with E-state index in [1.54, 1.807) is 18.2 Å². The Kier molecular flexibility index (Phi) is 2.88. The molecular formula is C13H10N2O3S2. The maximum atomic E-state index is 12.6. The second-order valence-corrected chi connectivity index (χ2v) is 6.39. The van der Waals surface area contributed by atoms with Crippen LogP contribution in [0, 0.1) is 4.77 Å². The van der Waals surface area contributed by atoms with E-state index in [2.05, 4.69) is 4.98 Å². The fraction of sp³-hybridized carbons (Fsp3) is 0. The molecule has 0 saturated heterocycles. The molecule has 0 aliphatic carbocycles. The summed E-state index contributed by atoms with van der Waals surface area (Å²) in [6, 6.07) is 12.2. The summed E-state index contributed by atoms with van der Waals surface area (Å²) in [5.74, 6) is -0.293. The fourth-order valence-corrected chi connectivity index (χ4v) is 3.95. The zero-order chi connectivity index (χ0) is 14.3. The minimum Gasteiger partial charge on any atom is -0.493 e. The van der Waals surface area contributed by atoms with Gasteiger partial charge in [-0.05, 0) is 23.7 Å². The van der Waals surface area contributed by atoms with Crippen LogP contribution >= 0.6 is 12.2 Å². The van der Waals surface area contributed by atoms with E-state index in [-0.39, 0.29) is 15.5 Å². The number of H-pyrrole nitrogens is 1. The number of nitrogens with zero attached hydrogens (tertiary/aromatic N) is 1. The molecule has 2 aromatic carbocycles. The summed E-state index contributed by atoms with van der Waals surface area (Å²) in [5.41, 5.74) is 0. The van der Waals surface area contributed by atoms with Gasteiger partial charge in [0.15, 0.2) is 4.77 Å². The van der Waals surface area contributed by atoms with Gasteiger partial charge in [0.1, 0.15) is 0 Å². The Bertz CT molecular complexity index is 950. The molecule has 0 fully saturated rings. The zero-order valence-electron chi connectivity index (χ0n) is 10.1. The van der Waals surface area contributed by atoms with E-state index in [1.165, 1.54) is 6.07 Å². The van der Waals surface area contributed by atoms with Crippen LogP contribution in [0.4, 0.5) is 0 Å². The average molecular weight is 306 g/mol. The largest absolute Gasteiger partial charge is 0.493 e. The van der Waals surface area contributed by atoms with Gasteiger partial charge in [0, 0.05) is 5.39 Å². The average Bonchev–Trinajstić information content (AvgIpc) is 2.78. The van der Waals surface area contributed by atoms with Crippen molar-refractivity contribution in [1.82, 2.24) is 8.96 Å². The number of aromatic amines is 1. The lowest BCUT2D eigenvalue weighted by Crippen LogP contribution is -2.12. The monoisotopic (exact) mass is 306 g/mol. The smallest absolute Gasteiger partial charge is 0.270 e. The molecule has 0 bridgehead atoms. The topological polar surface area (TPSA) is 75.1 Å². The molecule has 0 radical (unpaired) electrons. The molecule has 0 unspecified atom stereocenters. The maximum Gasteiger partial charge on any atom is 0.270 e.